The Morgan fingerprint density at radius 2 is 2.00 bits per heavy atom. The van der Waals surface area contributed by atoms with Crippen LogP contribution in [0.4, 0.5) is 8.78 Å². The lowest BCUT2D eigenvalue weighted by molar-refractivity contribution is 0.149. The Balaban J connectivity index is 3.23. The number of rotatable bonds is 2. The quantitative estimate of drug-likeness (QED) is 0.710. The zero-order valence-corrected chi connectivity index (χ0v) is 7.77. The predicted octanol–water partition coefficient (Wildman–Crippen LogP) is 2.64. The summed E-state index contributed by atoms with van der Waals surface area (Å²) in [4.78, 5) is 3.87. The van der Waals surface area contributed by atoms with Gasteiger partial charge in [-0.1, -0.05) is 0 Å². The molecule has 0 aliphatic carbocycles. The lowest BCUT2D eigenvalue weighted by Crippen LogP contribution is -1.99. The molecule has 1 rings (SSSR count). The van der Waals surface area contributed by atoms with Gasteiger partial charge in [0.25, 0.3) is 6.43 Å². The molecule has 72 valence electrons. The van der Waals surface area contributed by atoms with Crippen LogP contribution in [0, 0.1) is 13.8 Å². The zero-order chi connectivity index (χ0) is 10.0. The Kier molecular flexibility index (Phi) is 2.80. The van der Waals surface area contributed by atoms with Gasteiger partial charge in [-0.2, -0.15) is 0 Å². The molecule has 0 fully saturated rings. The van der Waals surface area contributed by atoms with E-state index in [1.54, 1.807) is 13.8 Å². The van der Waals surface area contributed by atoms with Gasteiger partial charge in [-0.25, -0.2) is 13.8 Å². The fraction of sp³-hybridized carbons (Fsp3) is 0.444. The van der Waals surface area contributed by atoms with Gasteiger partial charge >= 0.3 is 0 Å². The fourth-order valence-electron chi connectivity index (χ4n) is 1.24. The number of hydrogen-bond donors (Lipinski definition) is 0. The summed E-state index contributed by atoms with van der Waals surface area (Å²) in [6.45, 7) is 3.18. The first-order chi connectivity index (χ1) is 6.06. The van der Waals surface area contributed by atoms with Crippen LogP contribution < -0.4 is 4.74 Å². The number of methoxy groups -OCH3 is 1. The third-order valence-corrected chi connectivity index (χ3v) is 1.86. The summed E-state index contributed by atoms with van der Waals surface area (Å²) in [6.07, 6.45) is -2.47. The summed E-state index contributed by atoms with van der Waals surface area (Å²) in [5, 5.41) is 0. The molecule has 1 heterocycles. The number of aromatic nitrogens is 1. The van der Waals surface area contributed by atoms with Gasteiger partial charge < -0.3 is 4.74 Å². The highest BCUT2D eigenvalue weighted by Crippen LogP contribution is 2.27. The minimum Gasteiger partial charge on any atom is -0.481 e. The molecule has 0 radical (unpaired) electrons. The van der Waals surface area contributed by atoms with Gasteiger partial charge in [-0.3, -0.25) is 0 Å². The highest BCUT2D eigenvalue weighted by atomic mass is 19.3. The van der Waals surface area contributed by atoms with E-state index < -0.39 is 6.43 Å². The molecule has 1 aromatic rings. The molecule has 0 amide bonds. The van der Waals surface area contributed by atoms with Crippen LogP contribution in [-0.2, 0) is 0 Å². The number of halogens is 2. The van der Waals surface area contributed by atoms with Gasteiger partial charge in [0, 0.05) is 11.6 Å². The predicted molar refractivity (Wildman–Crippen MR) is 45.2 cm³/mol. The van der Waals surface area contributed by atoms with Crippen molar-refractivity contribution >= 4 is 0 Å². The summed E-state index contributed by atoms with van der Waals surface area (Å²) in [5.74, 6) is 0.374. The van der Waals surface area contributed by atoms with E-state index >= 15 is 0 Å². The van der Waals surface area contributed by atoms with Crippen molar-refractivity contribution in [3.8, 4) is 5.88 Å². The molecule has 0 bridgehead atoms. The maximum atomic E-state index is 12.4. The normalized spacial score (nSPS) is 10.6. The molecule has 0 spiro atoms. The Morgan fingerprint density at radius 1 is 1.38 bits per heavy atom. The summed E-state index contributed by atoms with van der Waals surface area (Å²) < 4.78 is 29.7. The van der Waals surface area contributed by atoms with Crippen molar-refractivity contribution in [3.63, 3.8) is 0 Å². The van der Waals surface area contributed by atoms with Crippen LogP contribution in [0.3, 0.4) is 0 Å². The van der Waals surface area contributed by atoms with E-state index in [0.29, 0.717) is 17.1 Å². The second-order valence-corrected chi connectivity index (χ2v) is 2.78. The molecule has 2 nitrogen and oxygen atoms in total. The van der Waals surface area contributed by atoms with Gasteiger partial charge in [0.05, 0.1) is 12.8 Å². The number of hydrogen-bond acceptors (Lipinski definition) is 2. The lowest BCUT2D eigenvalue weighted by atomic mass is 10.1. The molecule has 0 saturated heterocycles. The standard InChI is InChI=1S/C9H11F2NO/c1-5-4-7(13-3)12-6(2)8(5)9(10)11/h4,9H,1-3H3. The molecular weight excluding hydrogens is 176 g/mol. The Labute approximate surface area is 75.6 Å². The number of nitrogens with zero attached hydrogens (tertiary/aromatic N) is 1. The maximum Gasteiger partial charge on any atom is 0.265 e. The van der Waals surface area contributed by atoms with Crippen molar-refractivity contribution in [3.05, 3.63) is 22.9 Å². The molecular formula is C9H11F2NO. The first-order valence-electron chi connectivity index (χ1n) is 3.86. The van der Waals surface area contributed by atoms with E-state index in [0.717, 1.165) is 0 Å². The molecule has 13 heavy (non-hydrogen) atoms. The van der Waals surface area contributed by atoms with Crippen molar-refractivity contribution in [2.75, 3.05) is 7.11 Å². The van der Waals surface area contributed by atoms with Gasteiger partial charge in [0.2, 0.25) is 5.88 Å². The molecule has 0 unspecified atom stereocenters. The number of ether oxygens (including phenoxy) is 1. The minimum atomic E-state index is -2.47. The van der Waals surface area contributed by atoms with Crippen molar-refractivity contribution in [2.45, 2.75) is 20.3 Å². The van der Waals surface area contributed by atoms with Crippen LogP contribution in [0.1, 0.15) is 23.2 Å². The summed E-state index contributed by atoms with van der Waals surface area (Å²) in [7, 11) is 1.46. The number of pyridine rings is 1. The Hall–Kier alpha value is -1.19. The molecule has 0 N–H and O–H groups in total. The van der Waals surface area contributed by atoms with E-state index in [1.165, 1.54) is 13.2 Å². The van der Waals surface area contributed by atoms with Crippen LogP contribution in [0.2, 0.25) is 0 Å². The molecule has 0 saturated carbocycles. The molecule has 0 aliphatic rings. The minimum absolute atomic E-state index is 0.000741. The zero-order valence-electron chi connectivity index (χ0n) is 7.77. The molecule has 0 aliphatic heterocycles. The highest BCUT2D eigenvalue weighted by Gasteiger charge is 2.15. The van der Waals surface area contributed by atoms with E-state index in [4.69, 9.17) is 4.74 Å². The molecule has 0 aromatic carbocycles. The van der Waals surface area contributed by atoms with Crippen LogP contribution in [0.15, 0.2) is 6.07 Å². The van der Waals surface area contributed by atoms with Gasteiger partial charge in [-0.15, -0.1) is 0 Å². The van der Waals surface area contributed by atoms with Crippen molar-refractivity contribution < 1.29 is 13.5 Å². The lowest BCUT2D eigenvalue weighted by Gasteiger charge is -2.09. The fourth-order valence-corrected chi connectivity index (χ4v) is 1.24. The Bertz CT molecular complexity index is 289. The summed E-state index contributed by atoms with van der Waals surface area (Å²) in [5.41, 5.74) is 0.840. The number of alkyl halides is 2. The van der Waals surface area contributed by atoms with Gasteiger partial charge in [0.1, 0.15) is 0 Å². The first-order valence-corrected chi connectivity index (χ1v) is 3.86. The van der Waals surface area contributed by atoms with Gasteiger partial charge in [0.15, 0.2) is 0 Å². The highest BCUT2D eigenvalue weighted by molar-refractivity contribution is 5.34. The number of aryl methyl sites for hydroxylation is 2. The monoisotopic (exact) mass is 187 g/mol. The molecule has 4 heteroatoms. The molecule has 0 atom stereocenters. The smallest absolute Gasteiger partial charge is 0.265 e. The summed E-state index contributed by atoms with van der Waals surface area (Å²) in [6, 6.07) is 1.51. The van der Waals surface area contributed by atoms with Crippen molar-refractivity contribution in [2.24, 2.45) is 0 Å². The van der Waals surface area contributed by atoms with Crippen LogP contribution in [0.5, 0.6) is 5.88 Å². The van der Waals surface area contributed by atoms with Crippen LogP contribution >= 0.6 is 0 Å². The van der Waals surface area contributed by atoms with Crippen LogP contribution in [-0.4, -0.2) is 12.1 Å². The third-order valence-electron chi connectivity index (χ3n) is 1.86. The van der Waals surface area contributed by atoms with Gasteiger partial charge in [-0.05, 0) is 19.4 Å². The van der Waals surface area contributed by atoms with Crippen molar-refractivity contribution in [1.29, 1.82) is 0 Å². The second-order valence-electron chi connectivity index (χ2n) is 2.78. The average molecular weight is 187 g/mol. The Morgan fingerprint density at radius 3 is 2.38 bits per heavy atom. The SMILES string of the molecule is COc1cc(C)c(C(F)F)c(C)n1. The van der Waals surface area contributed by atoms with E-state index in [9.17, 15) is 8.78 Å². The summed E-state index contributed by atoms with van der Waals surface area (Å²) >= 11 is 0. The topological polar surface area (TPSA) is 22.1 Å². The first kappa shape index (κ1) is 9.89. The van der Waals surface area contributed by atoms with E-state index in [-0.39, 0.29) is 5.56 Å². The second kappa shape index (κ2) is 3.68. The molecule has 1 aromatic heterocycles. The average Bonchev–Trinajstić information content (AvgIpc) is 2.02. The van der Waals surface area contributed by atoms with E-state index in [1.807, 2.05) is 0 Å². The van der Waals surface area contributed by atoms with Crippen molar-refractivity contribution in [1.82, 2.24) is 4.98 Å². The van der Waals surface area contributed by atoms with Crippen LogP contribution in [0.25, 0.3) is 0 Å². The largest absolute Gasteiger partial charge is 0.481 e. The van der Waals surface area contributed by atoms with E-state index in [2.05, 4.69) is 4.98 Å². The maximum absolute atomic E-state index is 12.4. The third kappa shape index (κ3) is 1.94.